The lowest BCUT2D eigenvalue weighted by Crippen LogP contribution is -1.94. The van der Waals surface area contributed by atoms with Crippen LogP contribution in [-0.4, -0.2) is 22.2 Å². The van der Waals surface area contributed by atoms with Crippen molar-refractivity contribution in [1.29, 1.82) is 0 Å². The molecule has 0 aliphatic heterocycles. The summed E-state index contributed by atoms with van der Waals surface area (Å²) in [5.41, 5.74) is 1.50. The molecule has 0 N–H and O–H groups in total. The number of nitro groups is 1. The van der Waals surface area contributed by atoms with E-state index in [0.29, 0.717) is 28.2 Å². The van der Waals surface area contributed by atoms with Gasteiger partial charge >= 0.3 is 0 Å². The van der Waals surface area contributed by atoms with Gasteiger partial charge in [0, 0.05) is 33.5 Å². The third-order valence-electron chi connectivity index (χ3n) is 3.30. The van der Waals surface area contributed by atoms with Crippen LogP contribution in [-0.2, 0) is 5.75 Å². The summed E-state index contributed by atoms with van der Waals surface area (Å²) in [4.78, 5) is 10.5. The second-order valence-corrected chi connectivity index (χ2v) is 6.77. The van der Waals surface area contributed by atoms with E-state index in [0.717, 1.165) is 10.0 Å². The highest BCUT2D eigenvalue weighted by Gasteiger charge is 2.14. The topological polar surface area (TPSA) is 91.3 Å². The summed E-state index contributed by atoms with van der Waals surface area (Å²) in [5.74, 6) is 1.39. The molecular weight excluding hydrogens is 410 g/mol. The van der Waals surface area contributed by atoms with Crippen molar-refractivity contribution in [3.05, 3.63) is 62.6 Å². The zero-order chi connectivity index (χ0) is 17.8. The fourth-order valence-corrected chi connectivity index (χ4v) is 3.28. The Morgan fingerprint density at radius 2 is 2.12 bits per heavy atom. The van der Waals surface area contributed by atoms with Crippen LogP contribution in [0.1, 0.15) is 5.56 Å². The quantitative estimate of drug-likeness (QED) is 0.323. The molecule has 7 nitrogen and oxygen atoms in total. The predicted molar refractivity (Wildman–Crippen MR) is 96.6 cm³/mol. The molecule has 1 heterocycles. The SMILES string of the molecule is COc1ccc([N+](=O)[O-])cc1CSc1nnc(-c2cccc(Br)c2)o1. The van der Waals surface area contributed by atoms with Gasteiger partial charge in [-0.1, -0.05) is 33.8 Å². The van der Waals surface area contributed by atoms with Crippen LogP contribution in [0.3, 0.4) is 0 Å². The highest BCUT2D eigenvalue weighted by Crippen LogP contribution is 2.31. The van der Waals surface area contributed by atoms with Crippen molar-refractivity contribution < 1.29 is 14.1 Å². The average Bonchev–Trinajstić information content (AvgIpc) is 3.08. The van der Waals surface area contributed by atoms with Crippen molar-refractivity contribution in [3.63, 3.8) is 0 Å². The van der Waals surface area contributed by atoms with Crippen LogP contribution in [0, 0.1) is 10.1 Å². The Labute approximate surface area is 155 Å². The van der Waals surface area contributed by atoms with Crippen LogP contribution in [0.25, 0.3) is 11.5 Å². The highest BCUT2D eigenvalue weighted by molar-refractivity contribution is 9.10. The van der Waals surface area contributed by atoms with Gasteiger partial charge in [0.1, 0.15) is 5.75 Å². The largest absolute Gasteiger partial charge is 0.496 e. The minimum Gasteiger partial charge on any atom is -0.496 e. The number of hydrogen-bond donors (Lipinski definition) is 0. The lowest BCUT2D eigenvalue weighted by atomic mass is 10.2. The van der Waals surface area contributed by atoms with Crippen LogP contribution in [0.4, 0.5) is 5.69 Å². The van der Waals surface area contributed by atoms with Gasteiger partial charge in [-0.25, -0.2) is 0 Å². The summed E-state index contributed by atoms with van der Waals surface area (Å²) in [5, 5.41) is 19.3. The fraction of sp³-hybridized carbons (Fsp3) is 0.125. The molecule has 9 heteroatoms. The Morgan fingerprint density at radius 1 is 1.28 bits per heavy atom. The number of non-ortho nitro benzene ring substituents is 1. The van der Waals surface area contributed by atoms with E-state index in [4.69, 9.17) is 9.15 Å². The van der Waals surface area contributed by atoms with E-state index in [1.54, 1.807) is 6.07 Å². The van der Waals surface area contributed by atoms with Crippen molar-refractivity contribution in [1.82, 2.24) is 10.2 Å². The molecule has 3 aromatic rings. The van der Waals surface area contributed by atoms with Crippen LogP contribution >= 0.6 is 27.7 Å². The van der Waals surface area contributed by atoms with Gasteiger partial charge in [-0.3, -0.25) is 10.1 Å². The molecule has 25 heavy (non-hydrogen) atoms. The van der Waals surface area contributed by atoms with Gasteiger partial charge in [-0.15, -0.1) is 10.2 Å². The number of nitro benzene ring substituents is 1. The summed E-state index contributed by atoms with van der Waals surface area (Å²) in [6, 6.07) is 12.0. The first-order valence-electron chi connectivity index (χ1n) is 7.10. The molecule has 0 atom stereocenters. The summed E-state index contributed by atoms with van der Waals surface area (Å²) in [6.45, 7) is 0. The molecule has 3 rings (SSSR count). The number of hydrogen-bond acceptors (Lipinski definition) is 7. The number of aromatic nitrogens is 2. The molecule has 0 radical (unpaired) electrons. The molecule has 0 amide bonds. The third-order valence-corrected chi connectivity index (χ3v) is 4.66. The molecule has 0 saturated heterocycles. The highest BCUT2D eigenvalue weighted by atomic mass is 79.9. The van der Waals surface area contributed by atoms with Gasteiger partial charge in [-0.2, -0.15) is 0 Å². The first-order valence-corrected chi connectivity index (χ1v) is 8.88. The summed E-state index contributed by atoms with van der Waals surface area (Å²) in [7, 11) is 1.52. The zero-order valence-electron chi connectivity index (χ0n) is 13.0. The van der Waals surface area contributed by atoms with E-state index in [1.807, 2.05) is 24.3 Å². The molecule has 0 saturated carbocycles. The van der Waals surface area contributed by atoms with Gasteiger partial charge in [0.25, 0.3) is 10.9 Å². The number of nitrogens with zero attached hydrogens (tertiary/aromatic N) is 3. The molecule has 0 bridgehead atoms. The van der Waals surface area contributed by atoms with Crippen molar-refractivity contribution in [2.24, 2.45) is 0 Å². The predicted octanol–water partition coefficient (Wildman–Crippen LogP) is 4.71. The molecular formula is C16H12BrN3O4S. The number of halogens is 1. The van der Waals surface area contributed by atoms with Gasteiger partial charge < -0.3 is 9.15 Å². The van der Waals surface area contributed by atoms with Crippen molar-refractivity contribution in [3.8, 4) is 17.2 Å². The van der Waals surface area contributed by atoms with Crippen molar-refractivity contribution in [2.75, 3.05) is 7.11 Å². The van der Waals surface area contributed by atoms with E-state index in [-0.39, 0.29) is 5.69 Å². The molecule has 128 valence electrons. The van der Waals surface area contributed by atoms with Crippen LogP contribution in [0.2, 0.25) is 0 Å². The summed E-state index contributed by atoms with van der Waals surface area (Å²) in [6.07, 6.45) is 0. The Bertz CT molecular complexity index is 916. The summed E-state index contributed by atoms with van der Waals surface area (Å²) >= 11 is 4.69. The number of rotatable bonds is 6. The van der Waals surface area contributed by atoms with Gasteiger partial charge in [0.05, 0.1) is 12.0 Å². The first-order chi connectivity index (χ1) is 12.1. The van der Waals surface area contributed by atoms with E-state index >= 15 is 0 Å². The van der Waals surface area contributed by atoms with Gasteiger partial charge in [0.15, 0.2) is 0 Å². The minimum absolute atomic E-state index is 0.0109. The molecule has 0 aliphatic rings. The van der Waals surface area contributed by atoms with Crippen molar-refractivity contribution >= 4 is 33.4 Å². The maximum atomic E-state index is 10.9. The van der Waals surface area contributed by atoms with E-state index < -0.39 is 4.92 Å². The molecule has 0 fully saturated rings. The standard InChI is InChI=1S/C16H12BrN3O4S/c1-23-14-6-5-13(20(21)22)8-11(14)9-25-16-19-18-15(24-16)10-3-2-4-12(17)7-10/h2-8H,9H2,1H3. The molecule has 0 spiro atoms. The van der Waals surface area contributed by atoms with Gasteiger partial charge in [0.2, 0.25) is 5.89 Å². The smallest absolute Gasteiger partial charge is 0.277 e. The first kappa shape index (κ1) is 17.4. The lowest BCUT2D eigenvalue weighted by Gasteiger charge is -2.06. The van der Waals surface area contributed by atoms with Crippen molar-refractivity contribution in [2.45, 2.75) is 11.0 Å². The lowest BCUT2D eigenvalue weighted by molar-refractivity contribution is -0.384. The van der Waals surface area contributed by atoms with Crippen LogP contribution < -0.4 is 4.74 Å². The van der Waals surface area contributed by atoms with E-state index in [1.165, 1.54) is 31.0 Å². The maximum absolute atomic E-state index is 10.9. The Balaban J connectivity index is 1.76. The van der Waals surface area contributed by atoms with E-state index in [2.05, 4.69) is 26.1 Å². The minimum atomic E-state index is -0.439. The number of thioether (sulfide) groups is 1. The third kappa shape index (κ3) is 4.18. The Kier molecular flexibility index (Phi) is 5.34. The molecule has 0 unspecified atom stereocenters. The second-order valence-electron chi connectivity index (χ2n) is 4.93. The van der Waals surface area contributed by atoms with Crippen LogP contribution in [0.5, 0.6) is 5.75 Å². The Morgan fingerprint density at radius 3 is 2.84 bits per heavy atom. The number of ether oxygens (including phenoxy) is 1. The molecule has 0 aliphatic carbocycles. The normalized spacial score (nSPS) is 10.6. The monoisotopic (exact) mass is 421 g/mol. The maximum Gasteiger partial charge on any atom is 0.277 e. The number of benzene rings is 2. The Hall–Kier alpha value is -2.39. The van der Waals surface area contributed by atoms with Crippen LogP contribution in [0.15, 0.2) is 56.6 Å². The average molecular weight is 422 g/mol. The van der Waals surface area contributed by atoms with Gasteiger partial charge in [-0.05, 0) is 24.3 Å². The second kappa shape index (κ2) is 7.66. The number of methoxy groups -OCH3 is 1. The zero-order valence-corrected chi connectivity index (χ0v) is 15.4. The molecule has 1 aromatic heterocycles. The summed E-state index contributed by atoms with van der Waals surface area (Å²) < 4.78 is 11.8. The van der Waals surface area contributed by atoms with E-state index in [9.17, 15) is 10.1 Å². The molecule has 2 aromatic carbocycles. The fourth-order valence-electron chi connectivity index (χ4n) is 2.14.